The highest BCUT2D eigenvalue weighted by Crippen LogP contribution is 2.03. The molecule has 0 aromatic carbocycles. The first kappa shape index (κ1) is 8.34. The lowest BCUT2D eigenvalue weighted by Crippen LogP contribution is -2.25. The van der Waals surface area contributed by atoms with Gasteiger partial charge in [-0.05, 0) is 12.8 Å². The van der Waals surface area contributed by atoms with Crippen LogP contribution in [0.5, 0.6) is 0 Å². The average molecular weight is 163 g/mol. The van der Waals surface area contributed by atoms with Gasteiger partial charge >= 0.3 is 0 Å². The van der Waals surface area contributed by atoms with Crippen LogP contribution in [-0.4, -0.2) is 15.9 Å². The summed E-state index contributed by atoms with van der Waals surface area (Å²) in [6.07, 6.45) is 8.19. The van der Waals surface area contributed by atoms with Gasteiger partial charge < -0.3 is 10.3 Å². The van der Waals surface area contributed by atoms with Crippen molar-refractivity contribution in [3.8, 4) is 12.3 Å². The lowest BCUT2D eigenvalue weighted by atomic mass is 10.3. The van der Waals surface area contributed by atoms with E-state index in [-0.39, 0.29) is 6.04 Å². The third kappa shape index (κ3) is 1.86. The van der Waals surface area contributed by atoms with E-state index in [0.29, 0.717) is 5.82 Å². The first-order chi connectivity index (χ1) is 5.74. The van der Waals surface area contributed by atoms with Crippen molar-refractivity contribution in [2.75, 3.05) is 0 Å². The molecule has 2 N–H and O–H groups in total. The third-order valence-corrected chi connectivity index (χ3v) is 1.41. The summed E-state index contributed by atoms with van der Waals surface area (Å²) in [5.41, 5.74) is 0. The van der Waals surface area contributed by atoms with Crippen LogP contribution in [0.15, 0.2) is 12.4 Å². The highest BCUT2D eigenvalue weighted by atomic mass is 16.1. The van der Waals surface area contributed by atoms with Gasteiger partial charge in [0.05, 0.1) is 6.04 Å². The molecule has 1 unspecified atom stereocenters. The number of hydrogen-bond donors (Lipinski definition) is 2. The van der Waals surface area contributed by atoms with Crippen molar-refractivity contribution >= 4 is 5.91 Å². The zero-order chi connectivity index (χ0) is 8.97. The van der Waals surface area contributed by atoms with Gasteiger partial charge in [-0.1, -0.05) is 0 Å². The maximum Gasteiger partial charge on any atom is 0.296 e. The van der Waals surface area contributed by atoms with Gasteiger partial charge in [0.2, 0.25) is 0 Å². The molecular weight excluding hydrogens is 154 g/mol. The molecule has 0 fully saturated rings. The Bertz CT molecular complexity index is 297. The van der Waals surface area contributed by atoms with E-state index in [1.54, 1.807) is 19.3 Å². The number of carbonyl (C=O) groups excluding carboxylic acids is 1. The number of nitrogens with zero attached hydrogens (tertiary/aromatic N) is 1. The monoisotopic (exact) mass is 163 g/mol. The first-order valence-corrected chi connectivity index (χ1v) is 3.50. The Morgan fingerprint density at radius 3 is 3.17 bits per heavy atom. The van der Waals surface area contributed by atoms with Crippen molar-refractivity contribution in [2.45, 2.75) is 13.0 Å². The van der Waals surface area contributed by atoms with Gasteiger partial charge in [-0.3, -0.25) is 4.79 Å². The fourth-order valence-corrected chi connectivity index (χ4v) is 0.821. The Morgan fingerprint density at radius 2 is 2.67 bits per heavy atom. The van der Waals surface area contributed by atoms with E-state index in [1.807, 2.05) is 5.92 Å². The lowest BCUT2D eigenvalue weighted by Gasteiger charge is -2.07. The number of H-pyrrole nitrogens is 1. The Labute approximate surface area is 70.4 Å². The number of rotatable bonds is 2. The Kier molecular flexibility index (Phi) is 2.49. The Morgan fingerprint density at radius 1 is 1.92 bits per heavy atom. The predicted octanol–water partition coefficient (Wildman–Crippen LogP) is 0.220. The normalized spacial score (nSPS) is 11.7. The highest BCUT2D eigenvalue weighted by Gasteiger charge is 2.08. The van der Waals surface area contributed by atoms with E-state index in [9.17, 15) is 4.79 Å². The number of amides is 1. The number of carbonyl (C=O) groups is 1. The van der Waals surface area contributed by atoms with E-state index >= 15 is 0 Å². The van der Waals surface area contributed by atoms with Crippen LogP contribution < -0.4 is 5.32 Å². The molecule has 0 aliphatic heterocycles. The van der Waals surface area contributed by atoms with E-state index in [2.05, 4.69) is 15.3 Å². The maximum atomic E-state index is 10.7. The molecule has 1 rings (SSSR count). The zero-order valence-corrected chi connectivity index (χ0v) is 6.66. The molecule has 1 heterocycles. The largest absolute Gasteiger partial charge is 0.347 e. The van der Waals surface area contributed by atoms with Gasteiger partial charge in [-0.2, -0.15) is 0 Å². The van der Waals surface area contributed by atoms with Crippen molar-refractivity contribution in [3.05, 3.63) is 18.2 Å². The summed E-state index contributed by atoms with van der Waals surface area (Å²) in [5, 5.41) is 2.56. The number of hydrogen-bond acceptors (Lipinski definition) is 2. The number of terminal acetylenes is 1. The number of aromatic amines is 1. The summed E-state index contributed by atoms with van der Waals surface area (Å²) in [6, 6.07) is -0.177. The van der Waals surface area contributed by atoms with E-state index in [0.717, 1.165) is 0 Å². The van der Waals surface area contributed by atoms with Crippen molar-refractivity contribution in [1.82, 2.24) is 15.3 Å². The molecule has 62 valence electrons. The van der Waals surface area contributed by atoms with Crippen LogP contribution in [0.25, 0.3) is 0 Å². The molecule has 0 bridgehead atoms. The average Bonchev–Trinajstić information content (AvgIpc) is 2.56. The minimum atomic E-state index is -0.432. The zero-order valence-electron chi connectivity index (χ0n) is 6.66. The standard InChI is InChI=1S/C8H9N3O/c1-3-7(12)11-6(2)8-9-4-5-10-8/h1,4-6H,2H3,(H,9,10)(H,11,12). The fraction of sp³-hybridized carbons (Fsp3) is 0.250. The lowest BCUT2D eigenvalue weighted by molar-refractivity contribution is -0.116. The van der Waals surface area contributed by atoms with Crippen LogP contribution in [-0.2, 0) is 4.79 Å². The number of nitrogens with one attached hydrogen (secondary N) is 2. The molecule has 0 aliphatic carbocycles. The van der Waals surface area contributed by atoms with E-state index in [1.165, 1.54) is 0 Å². The van der Waals surface area contributed by atoms with Gasteiger partial charge in [-0.15, -0.1) is 6.42 Å². The third-order valence-electron chi connectivity index (χ3n) is 1.41. The molecule has 0 spiro atoms. The van der Waals surface area contributed by atoms with Gasteiger partial charge in [0, 0.05) is 12.4 Å². The molecule has 1 aromatic rings. The summed E-state index contributed by atoms with van der Waals surface area (Å²) in [5.74, 6) is 2.23. The molecule has 4 nitrogen and oxygen atoms in total. The van der Waals surface area contributed by atoms with Crippen molar-refractivity contribution in [1.29, 1.82) is 0 Å². The quantitative estimate of drug-likeness (QED) is 0.613. The molecule has 0 saturated heterocycles. The van der Waals surface area contributed by atoms with E-state index < -0.39 is 5.91 Å². The second kappa shape index (κ2) is 3.58. The van der Waals surface area contributed by atoms with Crippen molar-refractivity contribution < 1.29 is 4.79 Å². The second-order valence-electron chi connectivity index (χ2n) is 2.31. The molecule has 0 aliphatic rings. The molecule has 1 aromatic heterocycles. The number of imidazole rings is 1. The molecule has 12 heavy (non-hydrogen) atoms. The molecular formula is C8H9N3O. The van der Waals surface area contributed by atoms with Crippen LogP contribution in [0.1, 0.15) is 18.8 Å². The molecule has 0 saturated carbocycles. The van der Waals surface area contributed by atoms with Gasteiger partial charge in [0.15, 0.2) is 0 Å². The van der Waals surface area contributed by atoms with Crippen LogP contribution in [0.4, 0.5) is 0 Å². The maximum absolute atomic E-state index is 10.7. The summed E-state index contributed by atoms with van der Waals surface area (Å²) in [4.78, 5) is 17.6. The molecule has 1 atom stereocenters. The molecule has 0 radical (unpaired) electrons. The molecule has 4 heteroatoms. The summed E-state index contributed by atoms with van der Waals surface area (Å²) >= 11 is 0. The summed E-state index contributed by atoms with van der Waals surface area (Å²) in [6.45, 7) is 1.80. The minimum Gasteiger partial charge on any atom is -0.347 e. The Balaban J connectivity index is 2.57. The first-order valence-electron chi connectivity index (χ1n) is 3.50. The fourth-order valence-electron chi connectivity index (χ4n) is 0.821. The van der Waals surface area contributed by atoms with Gasteiger partial charge in [0.25, 0.3) is 5.91 Å². The Hall–Kier alpha value is -1.76. The van der Waals surface area contributed by atoms with Crippen molar-refractivity contribution in [2.24, 2.45) is 0 Å². The predicted molar refractivity (Wildman–Crippen MR) is 44.0 cm³/mol. The van der Waals surface area contributed by atoms with E-state index in [4.69, 9.17) is 6.42 Å². The van der Waals surface area contributed by atoms with Crippen molar-refractivity contribution in [3.63, 3.8) is 0 Å². The minimum absolute atomic E-state index is 0.177. The SMILES string of the molecule is C#CC(=O)NC(C)c1ncc[nH]1. The highest BCUT2D eigenvalue weighted by molar-refractivity contribution is 5.92. The summed E-state index contributed by atoms with van der Waals surface area (Å²) in [7, 11) is 0. The van der Waals surface area contributed by atoms with Crippen LogP contribution in [0.2, 0.25) is 0 Å². The molecule has 1 amide bonds. The van der Waals surface area contributed by atoms with Gasteiger partial charge in [-0.25, -0.2) is 4.98 Å². The van der Waals surface area contributed by atoms with Crippen LogP contribution in [0.3, 0.4) is 0 Å². The topological polar surface area (TPSA) is 57.8 Å². The second-order valence-corrected chi connectivity index (χ2v) is 2.31. The van der Waals surface area contributed by atoms with Gasteiger partial charge in [0.1, 0.15) is 5.82 Å². The smallest absolute Gasteiger partial charge is 0.296 e. The summed E-state index contributed by atoms with van der Waals surface area (Å²) < 4.78 is 0. The number of aromatic nitrogens is 2. The van der Waals surface area contributed by atoms with Crippen LogP contribution in [0, 0.1) is 12.3 Å². The van der Waals surface area contributed by atoms with Crippen LogP contribution >= 0.6 is 0 Å².